The Kier molecular flexibility index (Phi) is 1.71. The van der Waals surface area contributed by atoms with E-state index in [1.165, 1.54) is 29.6 Å². The molecule has 0 spiro atoms. The Morgan fingerprint density at radius 3 is 2.93 bits per heavy atom. The minimum absolute atomic E-state index is 0.731. The van der Waals surface area contributed by atoms with Gasteiger partial charge in [-0.25, -0.2) is 4.52 Å². The Labute approximate surface area is 91.1 Å². The van der Waals surface area contributed by atoms with Crippen molar-refractivity contribution in [1.82, 2.24) is 9.61 Å². The van der Waals surface area contributed by atoms with E-state index < -0.39 is 0 Å². The summed E-state index contributed by atoms with van der Waals surface area (Å²) in [6.07, 6.45) is 4.69. The first-order valence-electron chi connectivity index (χ1n) is 4.89. The van der Waals surface area contributed by atoms with E-state index in [9.17, 15) is 0 Å². The van der Waals surface area contributed by atoms with Crippen molar-refractivity contribution < 1.29 is 0 Å². The molecule has 0 amide bonds. The lowest BCUT2D eigenvalue weighted by Gasteiger charge is -1.98. The van der Waals surface area contributed by atoms with Crippen LogP contribution in [0.3, 0.4) is 0 Å². The summed E-state index contributed by atoms with van der Waals surface area (Å²) in [6.45, 7) is 2.09. The van der Waals surface area contributed by atoms with Crippen molar-refractivity contribution in [1.29, 1.82) is 0 Å². The third kappa shape index (κ3) is 1.27. The van der Waals surface area contributed by atoms with Gasteiger partial charge in [0.05, 0.1) is 11.2 Å². The molecule has 2 aromatic heterocycles. The molecule has 3 heteroatoms. The number of pyridine rings is 1. The molecule has 0 atom stereocenters. The summed E-state index contributed by atoms with van der Waals surface area (Å²) in [4.78, 5) is 0. The van der Waals surface area contributed by atoms with Gasteiger partial charge < -0.3 is 0 Å². The fourth-order valence-corrected chi connectivity index (χ4v) is 2.04. The van der Waals surface area contributed by atoms with Gasteiger partial charge in [0.15, 0.2) is 0 Å². The number of nitrogens with zero attached hydrogens (tertiary/aromatic N) is 2. The second-order valence-corrected chi connectivity index (χ2v) is 4.87. The van der Waals surface area contributed by atoms with E-state index in [1.54, 1.807) is 0 Å². The summed E-state index contributed by atoms with van der Waals surface area (Å²) >= 11 is 3.54. The zero-order valence-corrected chi connectivity index (χ0v) is 9.58. The van der Waals surface area contributed by atoms with E-state index in [-0.39, 0.29) is 0 Å². The number of fused-ring (bicyclic) bond motifs is 1. The normalized spacial score (nSPS) is 16.4. The second-order valence-electron chi connectivity index (χ2n) is 4.02. The van der Waals surface area contributed by atoms with Crippen molar-refractivity contribution in [3.8, 4) is 0 Å². The first-order valence-corrected chi connectivity index (χ1v) is 5.69. The summed E-state index contributed by atoms with van der Waals surface area (Å²) < 4.78 is 3.14. The zero-order valence-electron chi connectivity index (χ0n) is 8.00. The van der Waals surface area contributed by atoms with Crippen molar-refractivity contribution in [2.24, 2.45) is 0 Å². The van der Waals surface area contributed by atoms with E-state index in [0.29, 0.717) is 0 Å². The molecule has 14 heavy (non-hydrogen) atoms. The molecule has 72 valence electrons. The van der Waals surface area contributed by atoms with E-state index in [0.717, 1.165) is 10.4 Å². The number of aromatic nitrogens is 2. The van der Waals surface area contributed by atoms with Crippen LogP contribution >= 0.6 is 15.9 Å². The summed E-state index contributed by atoms with van der Waals surface area (Å²) in [5.41, 5.74) is 3.66. The van der Waals surface area contributed by atoms with Crippen molar-refractivity contribution in [2.75, 3.05) is 0 Å². The molecule has 0 saturated heterocycles. The second kappa shape index (κ2) is 2.83. The van der Waals surface area contributed by atoms with Crippen LogP contribution in [-0.4, -0.2) is 9.61 Å². The number of hydrogen-bond acceptors (Lipinski definition) is 1. The van der Waals surface area contributed by atoms with Gasteiger partial charge in [0.1, 0.15) is 0 Å². The van der Waals surface area contributed by atoms with E-state index in [1.807, 2.05) is 4.52 Å². The first-order chi connectivity index (χ1) is 6.74. The van der Waals surface area contributed by atoms with Gasteiger partial charge in [-0.05, 0) is 37.5 Å². The van der Waals surface area contributed by atoms with Gasteiger partial charge in [0.25, 0.3) is 0 Å². The van der Waals surface area contributed by atoms with Crippen LogP contribution in [0.1, 0.15) is 30.0 Å². The van der Waals surface area contributed by atoms with Crippen molar-refractivity contribution in [3.05, 3.63) is 34.1 Å². The van der Waals surface area contributed by atoms with Crippen LogP contribution < -0.4 is 0 Å². The molecule has 0 bridgehead atoms. The monoisotopic (exact) mass is 250 g/mol. The number of aryl methyl sites for hydroxylation is 1. The maximum absolute atomic E-state index is 4.57. The maximum atomic E-state index is 4.57. The molecule has 0 N–H and O–H groups in total. The Bertz CT molecular complexity index is 458. The zero-order chi connectivity index (χ0) is 9.71. The standard InChI is InChI=1S/C11H11BrN2/c1-7-6-14-9(4-10(7)12)5-11(13-14)8-2-3-8/h4-6,8H,2-3H2,1H3. The van der Waals surface area contributed by atoms with E-state index in [4.69, 9.17) is 0 Å². The summed E-state index contributed by atoms with van der Waals surface area (Å²) in [6, 6.07) is 4.33. The molecule has 0 unspecified atom stereocenters. The van der Waals surface area contributed by atoms with Crippen LogP contribution in [0.4, 0.5) is 0 Å². The number of halogens is 1. The summed E-state index contributed by atoms with van der Waals surface area (Å²) in [7, 11) is 0. The molecule has 0 aromatic carbocycles. The van der Waals surface area contributed by atoms with Gasteiger partial charge in [-0.15, -0.1) is 0 Å². The SMILES string of the molecule is Cc1cn2nc(C3CC3)cc2cc1Br. The fourth-order valence-electron chi connectivity index (χ4n) is 1.71. The highest BCUT2D eigenvalue weighted by atomic mass is 79.9. The molecule has 1 fully saturated rings. The third-order valence-corrected chi connectivity index (χ3v) is 3.60. The average Bonchev–Trinajstić information content (AvgIpc) is 2.90. The predicted molar refractivity (Wildman–Crippen MR) is 59.6 cm³/mol. The van der Waals surface area contributed by atoms with Gasteiger partial charge in [0.2, 0.25) is 0 Å². The van der Waals surface area contributed by atoms with Crippen LogP contribution in [-0.2, 0) is 0 Å². The van der Waals surface area contributed by atoms with Crippen LogP contribution in [0.25, 0.3) is 5.52 Å². The highest BCUT2D eigenvalue weighted by Gasteiger charge is 2.26. The lowest BCUT2D eigenvalue weighted by molar-refractivity contribution is 0.885. The summed E-state index contributed by atoms with van der Waals surface area (Å²) in [5, 5.41) is 4.57. The molecule has 2 aromatic rings. The van der Waals surface area contributed by atoms with Crippen LogP contribution in [0.5, 0.6) is 0 Å². The molecule has 0 aliphatic heterocycles. The molecule has 2 nitrogen and oxygen atoms in total. The molecule has 1 saturated carbocycles. The molecule has 0 radical (unpaired) electrons. The van der Waals surface area contributed by atoms with Crippen LogP contribution in [0, 0.1) is 6.92 Å². The summed E-state index contributed by atoms with van der Waals surface area (Å²) in [5.74, 6) is 0.731. The van der Waals surface area contributed by atoms with Gasteiger partial charge in [0, 0.05) is 16.6 Å². The van der Waals surface area contributed by atoms with Gasteiger partial charge in [-0.1, -0.05) is 15.9 Å². The van der Waals surface area contributed by atoms with Crippen molar-refractivity contribution in [2.45, 2.75) is 25.7 Å². The minimum atomic E-state index is 0.731. The highest BCUT2D eigenvalue weighted by molar-refractivity contribution is 9.10. The van der Waals surface area contributed by atoms with Gasteiger partial charge in [-0.3, -0.25) is 0 Å². The quantitative estimate of drug-likeness (QED) is 0.760. The highest BCUT2D eigenvalue weighted by Crippen LogP contribution is 2.39. The average molecular weight is 251 g/mol. The largest absolute Gasteiger partial charge is 0.240 e. The van der Waals surface area contributed by atoms with Gasteiger partial charge >= 0.3 is 0 Å². The fraction of sp³-hybridized carbons (Fsp3) is 0.364. The number of hydrogen-bond donors (Lipinski definition) is 0. The lowest BCUT2D eigenvalue weighted by Crippen LogP contribution is -1.89. The molecule has 1 aliphatic carbocycles. The Balaban J connectivity index is 2.22. The third-order valence-electron chi connectivity index (χ3n) is 2.75. The topological polar surface area (TPSA) is 17.3 Å². The smallest absolute Gasteiger partial charge is 0.0676 e. The number of rotatable bonds is 1. The molecule has 2 heterocycles. The van der Waals surface area contributed by atoms with Crippen molar-refractivity contribution in [3.63, 3.8) is 0 Å². The van der Waals surface area contributed by atoms with Gasteiger partial charge in [-0.2, -0.15) is 5.10 Å². The molecular weight excluding hydrogens is 240 g/mol. The Morgan fingerprint density at radius 2 is 2.21 bits per heavy atom. The Hall–Kier alpha value is -0.830. The predicted octanol–water partition coefficient (Wildman–Crippen LogP) is 3.28. The maximum Gasteiger partial charge on any atom is 0.0676 e. The van der Waals surface area contributed by atoms with E-state index >= 15 is 0 Å². The molecule has 1 aliphatic rings. The van der Waals surface area contributed by atoms with Crippen LogP contribution in [0.15, 0.2) is 22.8 Å². The minimum Gasteiger partial charge on any atom is -0.240 e. The van der Waals surface area contributed by atoms with E-state index in [2.05, 4.69) is 46.3 Å². The van der Waals surface area contributed by atoms with Crippen molar-refractivity contribution >= 4 is 21.4 Å². The molecule has 3 rings (SSSR count). The molecular formula is C11H11BrN2. The Morgan fingerprint density at radius 1 is 1.43 bits per heavy atom. The first kappa shape index (κ1) is 8.48. The van der Waals surface area contributed by atoms with Crippen LogP contribution in [0.2, 0.25) is 0 Å². The lowest BCUT2D eigenvalue weighted by atomic mass is 10.2.